The van der Waals surface area contributed by atoms with Gasteiger partial charge in [0.15, 0.2) is 0 Å². The van der Waals surface area contributed by atoms with Crippen molar-refractivity contribution in [1.29, 1.82) is 0 Å². The summed E-state index contributed by atoms with van der Waals surface area (Å²) in [5.41, 5.74) is 1.81. The van der Waals surface area contributed by atoms with Gasteiger partial charge in [0.25, 0.3) is 5.91 Å². The zero-order valence-corrected chi connectivity index (χ0v) is 12.0. The maximum absolute atomic E-state index is 11.9. The van der Waals surface area contributed by atoms with Crippen LogP contribution in [0, 0.1) is 6.92 Å². The number of amides is 1. The molecule has 1 aromatic rings. The van der Waals surface area contributed by atoms with Gasteiger partial charge in [0.2, 0.25) is 0 Å². The molecule has 5 heteroatoms. The lowest BCUT2D eigenvalue weighted by Crippen LogP contribution is -2.16. The summed E-state index contributed by atoms with van der Waals surface area (Å²) in [5.74, 6) is -1.50. The number of anilines is 1. The minimum Gasteiger partial charge on any atom is -0.478 e. The van der Waals surface area contributed by atoms with E-state index in [2.05, 4.69) is 21.2 Å². The fourth-order valence-corrected chi connectivity index (χ4v) is 1.64. The summed E-state index contributed by atoms with van der Waals surface area (Å²) in [6, 6.07) is 5.51. The number of carboxylic acid groups (broad SMARTS) is 1. The van der Waals surface area contributed by atoms with E-state index in [1.807, 2.05) is 19.1 Å². The number of carboxylic acids is 1. The van der Waals surface area contributed by atoms with Crippen LogP contribution in [0.4, 0.5) is 5.69 Å². The number of halogens is 1. The molecule has 1 rings (SSSR count). The summed E-state index contributed by atoms with van der Waals surface area (Å²) in [4.78, 5) is 22.6. The first-order valence-corrected chi connectivity index (χ1v) is 6.10. The molecule has 2 N–H and O–H groups in total. The van der Waals surface area contributed by atoms with Crippen LogP contribution in [0.2, 0.25) is 0 Å². The van der Waals surface area contributed by atoms with Crippen LogP contribution in [0.3, 0.4) is 0 Å². The molecular weight excluding hydrogens is 298 g/mol. The molecule has 0 aliphatic carbocycles. The number of hydrogen-bond acceptors (Lipinski definition) is 2. The van der Waals surface area contributed by atoms with Crippen molar-refractivity contribution in [3.63, 3.8) is 0 Å². The van der Waals surface area contributed by atoms with Gasteiger partial charge in [-0.1, -0.05) is 22.0 Å². The number of hydrogen-bond donors (Lipinski definition) is 2. The van der Waals surface area contributed by atoms with Crippen molar-refractivity contribution in [3.05, 3.63) is 39.4 Å². The van der Waals surface area contributed by atoms with Gasteiger partial charge in [-0.05, 0) is 38.5 Å². The third-order valence-electron chi connectivity index (χ3n) is 2.67. The third kappa shape index (κ3) is 3.43. The molecule has 0 unspecified atom stereocenters. The van der Waals surface area contributed by atoms with Crippen LogP contribution in [0.1, 0.15) is 19.4 Å². The number of benzene rings is 1. The van der Waals surface area contributed by atoms with E-state index in [0.717, 1.165) is 10.0 Å². The van der Waals surface area contributed by atoms with Crippen molar-refractivity contribution in [2.75, 3.05) is 5.32 Å². The lowest BCUT2D eigenvalue weighted by molar-refractivity contribution is -0.133. The Morgan fingerprint density at radius 2 is 1.83 bits per heavy atom. The molecule has 1 aromatic carbocycles. The van der Waals surface area contributed by atoms with Crippen molar-refractivity contribution < 1.29 is 14.7 Å². The van der Waals surface area contributed by atoms with Crippen molar-refractivity contribution in [2.45, 2.75) is 20.8 Å². The Kier molecular flexibility index (Phi) is 4.67. The van der Waals surface area contributed by atoms with Gasteiger partial charge in [-0.2, -0.15) is 0 Å². The SMILES string of the molecule is C/C(C(=O)O)=C(\C)C(=O)Nc1cc(Br)ccc1C. The van der Waals surface area contributed by atoms with Gasteiger partial charge in [-0.15, -0.1) is 0 Å². The van der Waals surface area contributed by atoms with Gasteiger partial charge in [-0.25, -0.2) is 4.79 Å². The molecule has 18 heavy (non-hydrogen) atoms. The Morgan fingerprint density at radius 3 is 2.39 bits per heavy atom. The monoisotopic (exact) mass is 311 g/mol. The van der Waals surface area contributed by atoms with Crippen LogP contribution in [0.15, 0.2) is 33.8 Å². The van der Waals surface area contributed by atoms with E-state index in [-0.39, 0.29) is 11.1 Å². The zero-order chi connectivity index (χ0) is 13.9. The van der Waals surface area contributed by atoms with Crippen LogP contribution < -0.4 is 5.32 Å². The van der Waals surface area contributed by atoms with Gasteiger partial charge >= 0.3 is 5.97 Å². The van der Waals surface area contributed by atoms with Crippen LogP contribution in [0.25, 0.3) is 0 Å². The zero-order valence-electron chi connectivity index (χ0n) is 10.4. The molecule has 96 valence electrons. The van der Waals surface area contributed by atoms with E-state index in [4.69, 9.17) is 5.11 Å². The average molecular weight is 312 g/mol. The number of aryl methyl sites for hydroxylation is 1. The molecular formula is C13H14BrNO3. The third-order valence-corrected chi connectivity index (χ3v) is 3.16. The highest BCUT2D eigenvalue weighted by atomic mass is 79.9. The minimum atomic E-state index is -1.09. The number of carbonyl (C=O) groups is 2. The summed E-state index contributed by atoms with van der Waals surface area (Å²) in [5, 5.41) is 11.5. The minimum absolute atomic E-state index is 0.0418. The highest BCUT2D eigenvalue weighted by Crippen LogP contribution is 2.21. The standard InChI is InChI=1S/C13H14BrNO3/c1-7-4-5-10(14)6-11(7)15-12(16)8(2)9(3)13(17)18/h4-6H,1-3H3,(H,15,16)(H,17,18)/b9-8-. The first-order valence-electron chi connectivity index (χ1n) is 5.31. The van der Waals surface area contributed by atoms with E-state index in [1.165, 1.54) is 13.8 Å². The molecule has 4 nitrogen and oxygen atoms in total. The molecule has 0 aromatic heterocycles. The van der Waals surface area contributed by atoms with Crippen molar-refractivity contribution in [3.8, 4) is 0 Å². The van der Waals surface area contributed by atoms with Crippen LogP contribution >= 0.6 is 15.9 Å². The Balaban J connectivity index is 2.98. The maximum atomic E-state index is 11.9. The summed E-state index contributed by atoms with van der Waals surface area (Å²) in [6.07, 6.45) is 0. The lowest BCUT2D eigenvalue weighted by Gasteiger charge is -2.10. The first-order chi connectivity index (χ1) is 8.32. The highest BCUT2D eigenvalue weighted by molar-refractivity contribution is 9.10. The molecule has 0 bridgehead atoms. The lowest BCUT2D eigenvalue weighted by atomic mass is 10.1. The van der Waals surface area contributed by atoms with Gasteiger partial charge in [-0.3, -0.25) is 4.79 Å². The van der Waals surface area contributed by atoms with Crippen LogP contribution in [-0.4, -0.2) is 17.0 Å². The van der Waals surface area contributed by atoms with Crippen molar-refractivity contribution in [1.82, 2.24) is 0 Å². The van der Waals surface area contributed by atoms with E-state index < -0.39 is 11.9 Å². The Hall–Kier alpha value is -1.62. The van der Waals surface area contributed by atoms with E-state index in [1.54, 1.807) is 6.07 Å². The second-order valence-electron chi connectivity index (χ2n) is 3.97. The van der Waals surface area contributed by atoms with E-state index >= 15 is 0 Å². The quantitative estimate of drug-likeness (QED) is 0.843. The highest BCUT2D eigenvalue weighted by Gasteiger charge is 2.13. The summed E-state index contributed by atoms with van der Waals surface area (Å²) >= 11 is 3.32. The summed E-state index contributed by atoms with van der Waals surface area (Å²) in [6.45, 7) is 4.77. The average Bonchev–Trinajstić information content (AvgIpc) is 2.31. The summed E-state index contributed by atoms with van der Waals surface area (Å²) < 4.78 is 0.847. The predicted molar refractivity (Wildman–Crippen MR) is 73.5 cm³/mol. The maximum Gasteiger partial charge on any atom is 0.331 e. The number of carbonyl (C=O) groups excluding carboxylic acids is 1. The normalized spacial score (nSPS) is 11.8. The molecule has 1 amide bonds. The molecule has 0 radical (unpaired) electrons. The number of aliphatic carboxylic acids is 1. The second kappa shape index (κ2) is 5.82. The predicted octanol–water partition coefficient (Wildman–Crippen LogP) is 3.12. The number of nitrogens with one attached hydrogen (secondary N) is 1. The number of rotatable bonds is 3. The fourth-order valence-electron chi connectivity index (χ4n) is 1.28. The molecule has 0 atom stereocenters. The summed E-state index contributed by atoms with van der Waals surface area (Å²) in [7, 11) is 0. The Morgan fingerprint density at radius 1 is 1.22 bits per heavy atom. The molecule has 0 heterocycles. The molecule has 0 saturated carbocycles. The first kappa shape index (κ1) is 14.4. The molecule has 0 spiro atoms. The molecule has 0 aliphatic heterocycles. The fraction of sp³-hybridized carbons (Fsp3) is 0.231. The van der Waals surface area contributed by atoms with Crippen molar-refractivity contribution in [2.24, 2.45) is 0 Å². The molecule has 0 saturated heterocycles. The van der Waals surface area contributed by atoms with Crippen LogP contribution in [0.5, 0.6) is 0 Å². The topological polar surface area (TPSA) is 66.4 Å². The van der Waals surface area contributed by atoms with Gasteiger partial charge in [0.1, 0.15) is 0 Å². The van der Waals surface area contributed by atoms with Crippen LogP contribution in [-0.2, 0) is 9.59 Å². The molecule has 0 fully saturated rings. The largest absolute Gasteiger partial charge is 0.478 e. The second-order valence-corrected chi connectivity index (χ2v) is 4.88. The van der Waals surface area contributed by atoms with E-state index in [0.29, 0.717) is 5.69 Å². The molecule has 0 aliphatic rings. The smallest absolute Gasteiger partial charge is 0.331 e. The van der Waals surface area contributed by atoms with Gasteiger partial charge < -0.3 is 10.4 Å². The van der Waals surface area contributed by atoms with Gasteiger partial charge in [0, 0.05) is 21.3 Å². The van der Waals surface area contributed by atoms with Gasteiger partial charge in [0.05, 0.1) is 0 Å². The van der Waals surface area contributed by atoms with E-state index in [9.17, 15) is 9.59 Å². The Labute approximate surface area is 114 Å². The van der Waals surface area contributed by atoms with Crippen molar-refractivity contribution >= 4 is 33.5 Å². The Bertz CT molecular complexity index is 535.